The maximum absolute atomic E-state index is 12.0. The summed E-state index contributed by atoms with van der Waals surface area (Å²) in [6.45, 7) is 2.97. The van der Waals surface area contributed by atoms with Gasteiger partial charge in [0.05, 0.1) is 11.8 Å². The van der Waals surface area contributed by atoms with Crippen molar-refractivity contribution in [2.24, 2.45) is 0 Å². The number of aryl methyl sites for hydroxylation is 1. The summed E-state index contributed by atoms with van der Waals surface area (Å²) in [5, 5.41) is 13.5. The van der Waals surface area contributed by atoms with Gasteiger partial charge in [0.25, 0.3) is 0 Å². The first kappa shape index (κ1) is 13.4. The number of likely N-dealkylation sites (tertiary alicyclic amines) is 1. The molecule has 1 amide bonds. The van der Waals surface area contributed by atoms with E-state index < -0.39 is 0 Å². The lowest BCUT2D eigenvalue weighted by molar-refractivity contribution is -0.134. The highest BCUT2D eigenvalue weighted by Gasteiger charge is 2.22. The fourth-order valence-corrected chi connectivity index (χ4v) is 2.48. The van der Waals surface area contributed by atoms with E-state index in [1.807, 2.05) is 0 Å². The van der Waals surface area contributed by atoms with Gasteiger partial charge in [0.2, 0.25) is 11.1 Å². The van der Waals surface area contributed by atoms with E-state index in [9.17, 15) is 9.90 Å². The molecule has 0 aromatic carbocycles. The standard InChI is InChI=1S/C12H17ClN2O3/c1-8-10(12(13)18-14-8)4-5-11(17)15-6-2-3-9(16)7-15/h9,16H,2-7H2,1H3. The summed E-state index contributed by atoms with van der Waals surface area (Å²) in [6.07, 6.45) is 2.15. The minimum Gasteiger partial charge on any atom is -0.391 e. The topological polar surface area (TPSA) is 66.6 Å². The summed E-state index contributed by atoms with van der Waals surface area (Å²) in [5.74, 6) is 0.0467. The Balaban J connectivity index is 1.88. The van der Waals surface area contributed by atoms with E-state index in [4.69, 9.17) is 16.1 Å². The fourth-order valence-electron chi connectivity index (χ4n) is 2.21. The number of aliphatic hydroxyl groups excluding tert-OH is 1. The second-order valence-electron chi connectivity index (χ2n) is 4.66. The SMILES string of the molecule is Cc1noc(Cl)c1CCC(=O)N1CCCC(O)C1. The summed E-state index contributed by atoms with van der Waals surface area (Å²) in [5.41, 5.74) is 1.52. The zero-order valence-electron chi connectivity index (χ0n) is 10.4. The quantitative estimate of drug-likeness (QED) is 0.907. The highest BCUT2D eigenvalue weighted by Crippen LogP contribution is 2.21. The molecular formula is C12H17ClN2O3. The maximum atomic E-state index is 12.0. The van der Waals surface area contributed by atoms with Crippen molar-refractivity contribution < 1.29 is 14.4 Å². The molecule has 2 heterocycles. The van der Waals surface area contributed by atoms with Gasteiger partial charge in [-0.1, -0.05) is 5.16 Å². The molecule has 0 radical (unpaired) electrons. The van der Waals surface area contributed by atoms with Crippen LogP contribution in [0.3, 0.4) is 0 Å². The Labute approximate surface area is 111 Å². The fraction of sp³-hybridized carbons (Fsp3) is 0.667. The van der Waals surface area contributed by atoms with Crippen LogP contribution in [-0.2, 0) is 11.2 Å². The number of hydrogen-bond donors (Lipinski definition) is 1. The van der Waals surface area contributed by atoms with Crippen molar-refractivity contribution in [1.82, 2.24) is 10.1 Å². The van der Waals surface area contributed by atoms with Gasteiger partial charge in [-0.3, -0.25) is 4.79 Å². The van der Waals surface area contributed by atoms with Gasteiger partial charge in [0.1, 0.15) is 0 Å². The van der Waals surface area contributed by atoms with E-state index in [0.717, 1.165) is 30.6 Å². The van der Waals surface area contributed by atoms with Crippen LogP contribution in [0.1, 0.15) is 30.5 Å². The molecular weight excluding hydrogens is 256 g/mol. The molecule has 0 spiro atoms. The number of carbonyl (C=O) groups is 1. The summed E-state index contributed by atoms with van der Waals surface area (Å²) < 4.78 is 4.84. The summed E-state index contributed by atoms with van der Waals surface area (Å²) in [6, 6.07) is 0. The van der Waals surface area contributed by atoms with Crippen LogP contribution in [0.5, 0.6) is 0 Å². The molecule has 1 aliphatic rings. The molecule has 1 aliphatic heterocycles. The molecule has 18 heavy (non-hydrogen) atoms. The average molecular weight is 273 g/mol. The second-order valence-corrected chi connectivity index (χ2v) is 5.00. The Morgan fingerprint density at radius 1 is 1.67 bits per heavy atom. The second kappa shape index (κ2) is 5.71. The van der Waals surface area contributed by atoms with Crippen LogP contribution in [0.15, 0.2) is 4.52 Å². The van der Waals surface area contributed by atoms with E-state index in [0.29, 0.717) is 19.4 Å². The van der Waals surface area contributed by atoms with Crippen molar-refractivity contribution in [3.05, 3.63) is 16.5 Å². The predicted molar refractivity (Wildman–Crippen MR) is 66.4 cm³/mol. The highest BCUT2D eigenvalue weighted by atomic mass is 35.5. The van der Waals surface area contributed by atoms with Crippen LogP contribution >= 0.6 is 11.6 Å². The number of β-amino-alcohol motifs (C(OH)–C–C–N with tert-alkyl or cyclic N) is 1. The van der Waals surface area contributed by atoms with Crippen molar-refractivity contribution in [2.75, 3.05) is 13.1 Å². The van der Waals surface area contributed by atoms with Crippen LogP contribution in [0.25, 0.3) is 0 Å². The Kier molecular flexibility index (Phi) is 4.24. The molecule has 6 heteroatoms. The predicted octanol–water partition coefficient (Wildman–Crippen LogP) is 1.55. The minimum atomic E-state index is -0.386. The van der Waals surface area contributed by atoms with E-state index in [1.165, 1.54) is 0 Å². The lowest BCUT2D eigenvalue weighted by atomic mass is 10.1. The van der Waals surface area contributed by atoms with E-state index in [1.54, 1.807) is 11.8 Å². The Morgan fingerprint density at radius 3 is 3.06 bits per heavy atom. The van der Waals surface area contributed by atoms with Gasteiger partial charge in [-0.15, -0.1) is 0 Å². The number of nitrogens with zero attached hydrogens (tertiary/aromatic N) is 2. The van der Waals surface area contributed by atoms with Crippen molar-refractivity contribution in [3.8, 4) is 0 Å². The van der Waals surface area contributed by atoms with Gasteiger partial charge < -0.3 is 14.5 Å². The highest BCUT2D eigenvalue weighted by molar-refractivity contribution is 6.29. The molecule has 0 aliphatic carbocycles. The van der Waals surface area contributed by atoms with Gasteiger partial charge in [0.15, 0.2) is 0 Å². The summed E-state index contributed by atoms with van der Waals surface area (Å²) in [4.78, 5) is 13.7. The zero-order chi connectivity index (χ0) is 13.1. The Morgan fingerprint density at radius 2 is 2.44 bits per heavy atom. The van der Waals surface area contributed by atoms with Crippen molar-refractivity contribution in [3.63, 3.8) is 0 Å². The zero-order valence-corrected chi connectivity index (χ0v) is 11.1. The molecule has 1 unspecified atom stereocenters. The number of rotatable bonds is 3. The van der Waals surface area contributed by atoms with Crippen molar-refractivity contribution >= 4 is 17.5 Å². The minimum absolute atomic E-state index is 0.0467. The van der Waals surface area contributed by atoms with Gasteiger partial charge in [-0.25, -0.2) is 0 Å². The molecule has 1 aromatic heterocycles. The van der Waals surface area contributed by atoms with Crippen LogP contribution in [0, 0.1) is 6.92 Å². The Hall–Kier alpha value is -1.07. The molecule has 5 nitrogen and oxygen atoms in total. The molecule has 1 atom stereocenters. The number of hydrogen-bond acceptors (Lipinski definition) is 4. The largest absolute Gasteiger partial charge is 0.391 e. The van der Waals surface area contributed by atoms with Gasteiger partial charge in [0, 0.05) is 25.1 Å². The van der Waals surface area contributed by atoms with Crippen molar-refractivity contribution in [1.29, 1.82) is 0 Å². The first-order valence-electron chi connectivity index (χ1n) is 6.14. The number of aliphatic hydroxyl groups is 1. The number of carbonyl (C=O) groups excluding carboxylic acids is 1. The normalized spacial score (nSPS) is 20.2. The molecule has 1 N–H and O–H groups in total. The lowest BCUT2D eigenvalue weighted by Gasteiger charge is -2.30. The molecule has 0 saturated carbocycles. The Bertz CT molecular complexity index is 413. The third-order valence-electron chi connectivity index (χ3n) is 3.27. The van der Waals surface area contributed by atoms with Crippen molar-refractivity contribution in [2.45, 2.75) is 38.7 Å². The molecule has 2 rings (SSSR count). The molecule has 0 bridgehead atoms. The summed E-state index contributed by atoms with van der Waals surface area (Å²) >= 11 is 5.84. The molecule has 1 saturated heterocycles. The smallest absolute Gasteiger partial charge is 0.229 e. The van der Waals surface area contributed by atoms with E-state index in [2.05, 4.69) is 5.16 Å². The molecule has 1 fully saturated rings. The van der Waals surface area contributed by atoms with Gasteiger partial charge in [-0.2, -0.15) is 0 Å². The maximum Gasteiger partial charge on any atom is 0.229 e. The first-order chi connectivity index (χ1) is 8.58. The number of halogens is 1. The average Bonchev–Trinajstić information content (AvgIpc) is 2.66. The molecule has 100 valence electrons. The number of piperidine rings is 1. The van der Waals surface area contributed by atoms with E-state index in [-0.39, 0.29) is 17.2 Å². The third-order valence-corrected chi connectivity index (χ3v) is 3.57. The number of amides is 1. The van der Waals surface area contributed by atoms with Crippen LogP contribution in [-0.4, -0.2) is 40.3 Å². The monoisotopic (exact) mass is 272 g/mol. The molecule has 1 aromatic rings. The van der Waals surface area contributed by atoms with Crippen LogP contribution < -0.4 is 0 Å². The lowest BCUT2D eigenvalue weighted by Crippen LogP contribution is -2.42. The van der Waals surface area contributed by atoms with Gasteiger partial charge >= 0.3 is 0 Å². The first-order valence-corrected chi connectivity index (χ1v) is 6.52. The van der Waals surface area contributed by atoms with Gasteiger partial charge in [-0.05, 0) is 37.8 Å². The third kappa shape index (κ3) is 3.03. The summed E-state index contributed by atoms with van der Waals surface area (Å²) in [7, 11) is 0. The van der Waals surface area contributed by atoms with E-state index >= 15 is 0 Å². The van der Waals surface area contributed by atoms with Crippen LogP contribution in [0.2, 0.25) is 5.22 Å². The van der Waals surface area contributed by atoms with Crippen LogP contribution in [0.4, 0.5) is 0 Å². The number of aromatic nitrogens is 1.